The number of thiophene rings is 1. The Hall–Kier alpha value is -1.07. The number of hydrogen-bond acceptors (Lipinski definition) is 3. The van der Waals surface area contributed by atoms with Gasteiger partial charge in [0.15, 0.2) is 0 Å². The number of carbonyl (C=O) groups is 2. The van der Waals surface area contributed by atoms with Crippen LogP contribution >= 0.6 is 22.9 Å². The molecule has 0 saturated heterocycles. The molecule has 0 bridgehead atoms. The molecule has 0 fully saturated rings. The van der Waals surface area contributed by atoms with Crippen molar-refractivity contribution in [1.82, 2.24) is 5.32 Å². The highest BCUT2D eigenvalue weighted by molar-refractivity contribution is 7.16. The number of halogens is 1. The molecule has 0 atom stereocenters. The fourth-order valence-corrected chi connectivity index (χ4v) is 2.90. The molecule has 0 unspecified atom stereocenters. The Morgan fingerprint density at radius 1 is 1.37 bits per heavy atom. The fraction of sp³-hybridized carbons (Fsp3) is 0.538. The summed E-state index contributed by atoms with van der Waals surface area (Å²) in [5.74, 6) is -1.04. The molecule has 0 aliphatic rings. The summed E-state index contributed by atoms with van der Waals surface area (Å²) < 4.78 is 0.643. The fourth-order valence-electron chi connectivity index (χ4n) is 1.81. The average Bonchev–Trinajstić information content (AvgIpc) is 2.76. The van der Waals surface area contributed by atoms with Crippen LogP contribution in [0.25, 0.3) is 0 Å². The maximum atomic E-state index is 11.8. The van der Waals surface area contributed by atoms with Crippen LogP contribution in [0, 0.1) is 5.41 Å². The third-order valence-corrected chi connectivity index (χ3v) is 4.63. The van der Waals surface area contributed by atoms with Gasteiger partial charge in [0.25, 0.3) is 0 Å². The summed E-state index contributed by atoms with van der Waals surface area (Å²) in [6.45, 7) is 3.80. The Morgan fingerprint density at radius 2 is 2.00 bits per heavy atom. The van der Waals surface area contributed by atoms with Crippen LogP contribution in [-0.4, -0.2) is 23.5 Å². The number of carbonyl (C=O) groups excluding carboxylic acids is 1. The van der Waals surface area contributed by atoms with Gasteiger partial charge in [-0.1, -0.05) is 25.4 Å². The van der Waals surface area contributed by atoms with E-state index in [0.717, 1.165) is 4.88 Å². The van der Waals surface area contributed by atoms with Gasteiger partial charge in [-0.3, -0.25) is 9.59 Å². The predicted octanol–water partition coefficient (Wildman–Crippen LogP) is 2.95. The van der Waals surface area contributed by atoms with Crippen molar-refractivity contribution in [3.63, 3.8) is 0 Å². The molecular weight excluding hydrogens is 286 g/mol. The minimum absolute atomic E-state index is 0.160. The van der Waals surface area contributed by atoms with Gasteiger partial charge in [0.2, 0.25) is 5.91 Å². The average molecular weight is 304 g/mol. The largest absolute Gasteiger partial charge is 0.481 e. The first-order valence-electron chi connectivity index (χ1n) is 6.18. The minimum Gasteiger partial charge on any atom is -0.481 e. The number of aliphatic carboxylic acids is 1. The van der Waals surface area contributed by atoms with Gasteiger partial charge in [-0.05, 0) is 25.0 Å². The van der Waals surface area contributed by atoms with Crippen molar-refractivity contribution in [3.05, 3.63) is 21.3 Å². The van der Waals surface area contributed by atoms with Gasteiger partial charge >= 0.3 is 5.97 Å². The highest BCUT2D eigenvalue weighted by Crippen LogP contribution is 2.26. The van der Waals surface area contributed by atoms with Crippen LogP contribution in [0.3, 0.4) is 0 Å². The summed E-state index contributed by atoms with van der Waals surface area (Å²) in [4.78, 5) is 23.9. The minimum atomic E-state index is -0.872. The molecule has 1 amide bonds. The molecule has 2 N–H and O–H groups in total. The molecule has 0 radical (unpaired) electrons. The summed E-state index contributed by atoms with van der Waals surface area (Å²) >= 11 is 7.14. The second-order valence-electron chi connectivity index (χ2n) is 4.45. The van der Waals surface area contributed by atoms with E-state index in [2.05, 4.69) is 5.32 Å². The number of rotatable bonds is 7. The molecule has 6 heteroatoms. The lowest BCUT2D eigenvalue weighted by Gasteiger charge is -2.26. The van der Waals surface area contributed by atoms with Crippen molar-refractivity contribution >= 4 is 34.8 Å². The van der Waals surface area contributed by atoms with E-state index in [-0.39, 0.29) is 18.9 Å². The number of carboxylic acid groups (broad SMARTS) is 1. The normalized spacial score (nSPS) is 11.3. The molecule has 0 saturated carbocycles. The van der Waals surface area contributed by atoms with Crippen LogP contribution in [0.4, 0.5) is 0 Å². The molecule has 4 nitrogen and oxygen atoms in total. The summed E-state index contributed by atoms with van der Waals surface area (Å²) in [6, 6.07) is 3.55. The zero-order valence-electron chi connectivity index (χ0n) is 11.0. The van der Waals surface area contributed by atoms with Crippen LogP contribution < -0.4 is 5.32 Å². The van der Waals surface area contributed by atoms with Crippen molar-refractivity contribution < 1.29 is 14.7 Å². The summed E-state index contributed by atoms with van der Waals surface area (Å²) in [7, 11) is 0. The van der Waals surface area contributed by atoms with Crippen molar-refractivity contribution in [3.8, 4) is 0 Å². The predicted molar refractivity (Wildman–Crippen MR) is 76.7 cm³/mol. The maximum absolute atomic E-state index is 11.8. The Labute approximate surface area is 121 Å². The zero-order valence-corrected chi connectivity index (χ0v) is 12.6. The molecule has 0 aliphatic heterocycles. The lowest BCUT2D eigenvalue weighted by atomic mass is 9.82. The zero-order chi connectivity index (χ0) is 14.5. The van der Waals surface area contributed by atoms with E-state index >= 15 is 0 Å². The van der Waals surface area contributed by atoms with E-state index in [1.54, 1.807) is 12.1 Å². The monoisotopic (exact) mass is 303 g/mol. The van der Waals surface area contributed by atoms with E-state index in [1.807, 2.05) is 13.8 Å². The van der Waals surface area contributed by atoms with Crippen LogP contribution in [0.2, 0.25) is 4.34 Å². The van der Waals surface area contributed by atoms with E-state index < -0.39 is 11.4 Å². The second-order valence-corrected chi connectivity index (χ2v) is 6.25. The van der Waals surface area contributed by atoms with E-state index in [1.165, 1.54) is 11.3 Å². The molecule has 0 aromatic carbocycles. The third-order valence-electron chi connectivity index (χ3n) is 3.39. The lowest BCUT2D eigenvalue weighted by Crippen LogP contribution is -2.42. The standard InChI is InChI=1S/C13H18ClNO3S/c1-3-13(4-2,12(17)18)8-15-11(16)7-9-5-6-10(14)19-9/h5-6H,3-4,7-8H2,1-2H3,(H,15,16)(H,17,18). The Kier molecular flexibility index (Phi) is 5.82. The highest BCUT2D eigenvalue weighted by Gasteiger charge is 2.35. The third kappa shape index (κ3) is 4.21. The first-order valence-corrected chi connectivity index (χ1v) is 7.37. The molecule has 1 heterocycles. The van der Waals surface area contributed by atoms with Crippen LogP contribution in [0.15, 0.2) is 12.1 Å². The van der Waals surface area contributed by atoms with Crippen LogP contribution in [-0.2, 0) is 16.0 Å². The summed E-state index contributed by atoms with van der Waals surface area (Å²) in [5.41, 5.74) is -0.872. The second kappa shape index (κ2) is 6.91. The van der Waals surface area contributed by atoms with Gasteiger partial charge in [0.1, 0.15) is 0 Å². The molecule has 106 valence electrons. The van der Waals surface area contributed by atoms with E-state index in [9.17, 15) is 14.7 Å². The van der Waals surface area contributed by atoms with Crippen LogP contribution in [0.1, 0.15) is 31.6 Å². The maximum Gasteiger partial charge on any atom is 0.311 e. The molecule has 1 rings (SSSR count). The molecule has 0 spiro atoms. The molecule has 1 aromatic heterocycles. The quantitative estimate of drug-likeness (QED) is 0.814. The van der Waals surface area contributed by atoms with E-state index in [4.69, 9.17) is 11.6 Å². The van der Waals surface area contributed by atoms with Gasteiger partial charge in [-0.2, -0.15) is 0 Å². The Morgan fingerprint density at radius 3 is 2.42 bits per heavy atom. The van der Waals surface area contributed by atoms with E-state index in [0.29, 0.717) is 17.2 Å². The van der Waals surface area contributed by atoms with Crippen molar-refractivity contribution in [2.75, 3.05) is 6.54 Å². The van der Waals surface area contributed by atoms with Crippen molar-refractivity contribution in [2.45, 2.75) is 33.1 Å². The molecular formula is C13H18ClNO3S. The SMILES string of the molecule is CCC(CC)(CNC(=O)Cc1ccc(Cl)s1)C(=O)O. The number of carboxylic acids is 1. The van der Waals surface area contributed by atoms with Gasteiger partial charge in [0, 0.05) is 11.4 Å². The van der Waals surface area contributed by atoms with Gasteiger partial charge < -0.3 is 10.4 Å². The van der Waals surface area contributed by atoms with Crippen LogP contribution in [0.5, 0.6) is 0 Å². The first-order chi connectivity index (χ1) is 8.93. The van der Waals surface area contributed by atoms with Crippen molar-refractivity contribution in [1.29, 1.82) is 0 Å². The molecule has 1 aromatic rings. The number of nitrogens with one attached hydrogen (secondary N) is 1. The summed E-state index contributed by atoms with van der Waals surface area (Å²) in [5, 5.41) is 12.0. The van der Waals surface area contributed by atoms with Crippen molar-refractivity contribution in [2.24, 2.45) is 5.41 Å². The van der Waals surface area contributed by atoms with Gasteiger partial charge in [-0.15, -0.1) is 11.3 Å². The Balaban J connectivity index is 2.55. The smallest absolute Gasteiger partial charge is 0.311 e. The number of amides is 1. The summed E-state index contributed by atoms with van der Waals surface area (Å²) in [6.07, 6.45) is 1.22. The lowest BCUT2D eigenvalue weighted by molar-refractivity contribution is -0.149. The first kappa shape index (κ1) is 16.0. The van der Waals surface area contributed by atoms with Gasteiger partial charge in [0.05, 0.1) is 16.2 Å². The number of hydrogen-bond donors (Lipinski definition) is 2. The molecule has 19 heavy (non-hydrogen) atoms. The Bertz CT molecular complexity index is 454. The van der Waals surface area contributed by atoms with Gasteiger partial charge in [-0.25, -0.2) is 0 Å². The molecule has 0 aliphatic carbocycles. The topological polar surface area (TPSA) is 66.4 Å². The highest BCUT2D eigenvalue weighted by atomic mass is 35.5.